The van der Waals surface area contributed by atoms with Gasteiger partial charge in [-0.05, 0) is 19.1 Å². The van der Waals surface area contributed by atoms with Crippen molar-refractivity contribution in [2.45, 2.75) is 17.6 Å². The molecule has 0 amide bonds. The number of rotatable bonds is 3. The van der Waals surface area contributed by atoms with Gasteiger partial charge in [0.25, 0.3) is 0 Å². The highest BCUT2D eigenvalue weighted by atomic mass is 32.2. The van der Waals surface area contributed by atoms with Crippen LogP contribution in [0.2, 0.25) is 0 Å². The highest BCUT2D eigenvalue weighted by molar-refractivity contribution is 7.90. The highest BCUT2D eigenvalue weighted by Crippen LogP contribution is 2.17. The number of benzene rings is 1. The lowest BCUT2D eigenvalue weighted by Gasteiger charge is -2.04. The Morgan fingerprint density at radius 1 is 1.21 bits per heavy atom. The molecule has 1 N–H and O–H groups in total. The zero-order chi connectivity index (χ0) is 14.0. The van der Waals surface area contributed by atoms with Crippen LogP contribution in [-0.4, -0.2) is 13.5 Å². The molecule has 5 nitrogen and oxygen atoms in total. The van der Waals surface area contributed by atoms with E-state index in [1.54, 1.807) is 12.1 Å². The zero-order valence-corrected chi connectivity index (χ0v) is 11.0. The first-order valence-electron chi connectivity index (χ1n) is 5.48. The van der Waals surface area contributed by atoms with Crippen molar-refractivity contribution in [2.24, 2.45) is 0 Å². The van der Waals surface area contributed by atoms with Crippen molar-refractivity contribution >= 4 is 9.84 Å². The molecule has 0 spiro atoms. The van der Waals surface area contributed by atoms with Crippen molar-refractivity contribution in [2.75, 3.05) is 0 Å². The molecule has 19 heavy (non-hydrogen) atoms. The summed E-state index contributed by atoms with van der Waals surface area (Å²) in [5, 5.41) is 9.03. The van der Waals surface area contributed by atoms with Crippen LogP contribution in [0.3, 0.4) is 0 Å². The van der Waals surface area contributed by atoms with Crippen molar-refractivity contribution in [3.63, 3.8) is 0 Å². The van der Waals surface area contributed by atoms with Crippen molar-refractivity contribution in [3.8, 4) is 5.75 Å². The van der Waals surface area contributed by atoms with Crippen molar-refractivity contribution in [1.82, 2.24) is 0 Å². The lowest BCUT2D eigenvalue weighted by molar-refractivity contribution is 0.417. The summed E-state index contributed by atoms with van der Waals surface area (Å²) in [6.45, 7) is 1.86. The quantitative estimate of drug-likeness (QED) is 0.923. The Hall–Kier alpha value is -2.08. The summed E-state index contributed by atoms with van der Waals surface area (Å²) in [5.74, 6) is -0.981. The van der Waals surface area contributed by atoms with E-state index in [1.165, 1.54) is 12.1 Å². The Balaban J connectivity index is 2.33. The van der Waals surface area contributed by atoms with Gasteiger partial charge < -0.3 is 9.52 Å². The predicted molar refractivity (Wildman–Crippen MR) is 68.7 cm³/mol. The lowest BCUT2D eigenvalue weighted by atomic mass is 10.2. The summed E-state index contributed by atoms with van der Waals surface area (Å²) in [5.41, 5.74) is 0.287. The molecule has 1 aromatic heterocycles. The van der Waals surface area contributed by atoms with E-state index in [0.29, 0.717) is 0 Å². The van der Waals surface area contributed by atoms with Gasteiger partial charge in [0, 0.05) is 6.07 Å². The van der Waals surface area contributed by atoms with Gasteiger partial charge in [-0.2, -0.15) is 0 Å². The minimum Gasteiger partial charge on any atom is -0.502 e. The van der Waals surface area contributed by atoms with Gasteiger partial charge in [-0.15, -0.1) is 0 Å². The van der Waals surface area contributed by atoms with Gasteiger partial charge in [0.15, 0.2) is 15.6 Å². The molecule has 0 unspecified atom stereocenters. The Morgan fingerprint density at radius 2 is 1.84 bits per heavy atom. The van der Waals surface area contributed by atoms with Crippen molar-refractivity contribution in [1.29, 1.82) is 0 Å². The first-order chi connectivity index (χ1) is 8.88. The van der Waals surface area contributed by atoms with Gasteiger partial charge >= 0.3 is 0 Å². The Bertz CT molecular complexity index is 741. The Kier molecular flexibility index (Phi) is 3.44. The molecular weight excluding hydrogens is 268 g/mol. The van der Waals surface area contributed by atoms with E-state index in [9.17, 15) is 13.2 Å². The van der Waals surface area contributed by atoms with Crippen LogP contribution in [0.5, 0.6) is 5.75 Å². The summed E-state index contributed by atoms with van der Waals surface area (Å²) in [7, 11) is -3.57. The predicted octanol–water partition coefficient (Wildman–Crippen LogP) is 1.63. The third kappa shape index (κ3) is 3.03. The maximum Gasteiger partial charge on any atom is 0.226 e. The monoisotopic (exact) mass is 280 g/mol. The van der Waals surface area contributed by atoms with Crippen LogP contribution in [0.4, 0.5) is 0 Å². The molecule has 1 heterocycles. The topological polar surface area (TPSA) is 84.6 Å². The molecule has 1 aromatic carbocycles. The molecule has 0 saturated heterocycles. The molecule has 6 heteroatoms. The Labute approximate surface area is 110 Å². The van der Waals surface area contributed by atoms with Gasteiger partial charge in [0.2, 0.25) is 5.43 Å². The maximum absolute atomic E-state index is 12.1. The fourth-order valence-electron chi connectivity index (χ4n) is 1.54. The molecule has 2 aromatic rings. The van der Waals surface area contributed by atoms with Gasteiger partial charge in [-0.3, -0.25) is 4.79 Å². The fraction of sp³-hybridized carbons (Fsp3) is 0.154. The molecule has 100 valence electrons. The fourth-order valence-corrected chi connectivity index (χ4v) is 2.78. The van der Waals surface area contributed by atoms with Crippen molar-refractivity contribution < 1.29 is 17.9 Å². The second-order valence-corrected chi connectivity index (χ2v) is 6.16. The first kappa shape index (κ1) is 13.4. The number of hydrogen-bond acceptors (Lipinski definition) is 5. The van der Waals surface area contributed by atoms with E-state index in [4.69, 9.17) is 9.52 Å². The summed E-state index contributed by atoms with van der Waals surface area (Å²) < 4.78 is 29.1. The molecule has 0 aliphatic rings. The van der Waals surface area contributed by atoms with Crippen LogP contribution in [0.25, 0.3) is 0 Å². The summed E-state index contributed by atoms with van der Waals surface area (Å²) >= 11 is 0. The molecular formula is C13H12O5S. The third-order valence-corrected chi connectivity index (χ3v) is 4.23. The standard InChI is InChI=1S/C13H12O5S/c1-9-2-4-11(5-3-9)19(16,17)8-10-6-12(14)13(15)7-18-10/h2-7,15H,8H2,1H3. The molecule has 0 fully saturated rings. The molecule has 0 saturated carbocycles. The maximum atomic E-state index is 12.1. The molecule has 0 atom stereocenters. The smallest absolute Gasteiger partial charge is 0.226 e. The average molecular weight is 280 g/mol. The van der Waals surface area contributed by atoms with Gasteiger partial charge in [-0.25, -0.2) is 8.42 Å². The molecule has 0 aliphatic heterocycles. The normalized spacial score (nSPS) is 11.4. The second kappa shape index (κ2) is 4.89. The van der Waals surface area contributed by atoms with Crippen molar-refractivity contribution in [3.05, 3.63) is 58.1 Å². The van der Waals surface area contributed by atoms with Gasteiger partial charge in [0.05, 0.1) is 4.90 Å². The van der Waals surface area contributed by atoms with Crippen LogP contribution < -0.4 is 5.43 Å². The summed E-state index contributed by atoms with van der Waals surface area (Å²) in [6.07, 6.45) is 0.836. The van der Waals surface area contributed by atoms with E-state index in [1.807, 2.05) is 6.92 Å². The minimum absolute atomic E-state index is 0.0108. The molecule has 0 bridgehead atoms. The molecule has 0 radical (unpaired) electrons. The van der Waals surface area contributed by atoms with Crippen LogP contribution in [0.15, 0.2) is 50.7 Å². The van der Waals surface area contributed by atoms with E-state index in [2.05, 4.69) is 0 Å². The Morgan fingerprint density at radius 3 is 2.42 bits per heavy atom. The van der Waals surface area contributed by atoms with Gasteiger partial charge in [0.1, 0.15) is 17.8 Å². The minimum atomic E-state index is -3.57. The van der Waals surface area contributed by atoms with E-state index in [0.717, 1.165) is 17.9 Å². The van der Waals surface area contributed by atoms with E-state index in [-0.39, 0.29) is 10.7 Å². The SMILES string of the molecule is Cc1ccc(S(=O)(=O)Cc2cc(=O)c(O)co2)cc1. The third-order valence-electron chi connectivity index (χ3n) is 2.58. The van der Waals surface area contributed by atoms with E-state index < -0.39 is 26.8 Å². The average Bonchev–Trinajstić information content (AvgIpc) is 2.34. The van der Waals surface area contributed by atoms with Crippen LogP contribution in [0.1, 0.15) is 11.3 Å². The largest absolute Gasteiger partial charge is 0.502 e. The summed E-state index contributed by atoms with van der Waals surface area (Å²) in [4.78, 5) is 11.4. The number of aromatic hydroxyl groups is 1. The van der Waals surface area contributed by atoms with Crippen LogP contribution in [0, 0.1) is 6.92 Å². The first-order valence-corrected chi connectivity index (χ1v) is 7.14. The summed E-state index contributed by atoms with van der Waals surface area (Å²) in [6, 6.07) is 7.37. The number of aryl methyl sites for hydroxylation is 1. The van der Waals surface area contributed by atoms with Gasteiger partial charge in [-0.1, -0.05) is 17.7 Å². The zero-order valence-electron chi connectivity index (χ0n) is 10.2. The molecule has 0 aliphatic carbocycles. The lowest BCUT2D eigenvalue weighted by Crippen LogP contribution is -2.08. The second-order valence-electron chi connectivity index (χ2n) is 4.17. The number of hydrogen-bond donors (Lipinski definition) is 1. The highest BCUT2D eigenvalue weighted by Gasteiger charge is 2.17. The van der Waals surface area contributed by atoms with E-state index >= 15 is 0 Å². The number of sulfone groups is 1. The molecule has 2 rings (SSSR count). The van der Waals surface area contributed by atoms with Crippen LogP contribution in [-0.2, 0) is 15.6 Å². The van der Waals surface area contributed by atoms with Crippen LogP contribution >= 0.6 is 0 Å².